The molecule has 1 aromatic carbocycles. The van der Waals surface area contributed by atoms with Gasteiger partial charge in [-0.3, -0.25) is 14.4 Å². The van der Waals surface area contributed by atoms with Crippen LogP contribution in [0.2, 0.25) is 0 Å². The van der Waals surface area contributed by atoms with Gasteiger partial charge < -0.3 is 15.5 Å². The SMILES string of the molecule is CSCC[C@@H](NC(=O)C1CC(=O)N(c2ccccc2)C1)C(=O)NC(C)C. The van der Waals surface area contributed by atoms with Gasteiger partial charge in [0.2, 0.25) is 17.7 Å². The number of hydrogen-bond donors (Lipinski definition) is 2. The van der Waals surface area contributed by atoms with E-state index in [-0.39, 0.29) is 30.2 Å². The molecule has 1 aliphatic heterocycles. The fourth-order valence-corrected chi connectivity index (χ4v) is 3.39. The summed E-state index contributed by atoms with van der Waals surface area (Å²) < 4.78 is 0. The Kier molecular flexibility index (Phi) is 7.50. The number of anilines is 1. The zero-order valence-corrected chi connectivity index (χ0v) is 16.3. The third-order valence-corrected chi connectivity index (χ3v) is 4.88. The second-order valence-electron chi connectivity index (χ2n) is 6.75. The molecule has 1 saturated heterocycles. The molecule has 26 heavy (non-hydrogen) atoms. The van der Waals surface area contributed by atoms with Crippen molar-refractivity contribution in [3.63, 3.8) is 0 Å². The third kappa shape index (κ3) is 5.49. The van der Waals surface area contributed by atoms with Crippen molar-refractivity contribution in [3.05, 3.63) is 30.3 Å². The van der Waals surface area contributed by atoms with Gasteiger partial charge in [0.25, 0.3) is 0 Å². The molecule has 0 aromatic heterocycles. The number of thioether (sulfide) groups is 1. The van der Waals surface area contributed by atoms with E-state index in [1.807, 2.05) is 50.4 Å². The van der Waals surface area contributed by atoms with E-state index < -0.39 is 12.0 Å². The van der Waals surface area contributed by atoms with Crippen LogP contribution in [0.1, 0.15) is 26.7 Å². The van der Waals surface area contributed by atoms with Gasteiger partial charge in [-0.25, -0.2) is 0 Å². The number of benzene rings is 1. The number of hydrogen-bond acceptors (Lipinski definition) is 4. The molecular formula is C19H27N3O3S. The highest BCUT2D eigenvalue weighted by Gasteiger charge is 2.36. The van der Waals surface area contributed by atoms with Crippen LogP contribution in [-0.4, -0.2) is 48.4 Å². The molecule has 0 radical (unpaired) electrons. The van der Waals surface area contributed by atoms with Gasteiger partial charge in [0, 0.05) is 24.7 Å². The summed E-state index contributed by atoms with van der Waals surface area (Å²) in [6.45, 7) is 4.12. The van der Waals surface area contributed by atoms with Crippen molar-refractivity contribution >= 4 is 35.2 Å². The van der Waals surface area contributed by atoms with Crippen LogP contribution < -0.4 is 15.5 Å². The normalized spacial score (nSPS) is 18.1. The molecule has 2 rings (SSSR count). The van der Waals surface area contributed by atoms with E-state index in [1.165, 1.54) is 0 Å². The molecule has 1 aliphatic rings. The number of para-hydroxylation sites is 1. The van der Waals surface area contributed by atoms with E-state index >= 15 is 0 Å². The monoisotopic (exact) mass is 377 g/mol. The van der Waals surface area contributed by atoms with Crippen LogP contribution in [0.25, 0.3) is 0 Å². The zero-order chi connectivity index (χ0) is 19.1. The van der Waals surface area contributed by atoms with Gasteiger partial charge in [0.05, 0.1) is 5.92 Å². The van der Waals surface area contributed by atoms with E-state index in [9.17, 15) is 14.4 Å². The number of carbonyl (C=O) groups is 3. The van der Waals surface area contributed by atoms with Crippen LogP contribution in [0.3, 0.4) is 0 Å². The van der Waals surface area contributed by atoms with E-state index in [0.29, 0.717) is 13.0 Å². The summed E-state index contributed by atoms with van der Waals surface area (Å²) in [4.78, 5) is 38.9. The first-order chi connectivity index (χ1) is 12.4. The quantitative estimate of drug-likeness (QED) is 0.724. The molecule has 0 aliphatic carbocycles. The minimum Gasteiger partial charge on any atom is -0.352 e. The summed E-state index contributed by atoms with van der Waals surface area (Å²) in [5.41, 5.74) is 0.796. The molecule has 1 aromatic rings. The van der Waals surface area contributed by atoms with Crippen molar-refractivity contribution in [1.82, 2.24) is 10.6 Å². The molecule has 7 heteroatoms. The molecule has 142 valence electrons. The van der Waals surface area contributed by atoms with Gasteiger partial charge in [-0.05, 0) is 44.4 Å². The predicted molar refractivity (Wildman–Crippen MR) is 105 cm³/mol. The standard InChI is InChI=1S/C19H27N3O3S/c1-13(2)20-19(25)16(9-10-26-3)21-18(24)14-11-17(23)22(12-14)15-7-5-4-6-8-15/h4-8,13-14,16H,9-12H2,1-3H3,(H,20,25)(H,21,24)/t14?,16-/m1/s1. The Labute approximate surface area is 159 Å². The average Bonchev–Trinajstić information content (AvgIpc) is 3.00. The average molecular weight is 378 g/mol. The summed E-state index contributed by atoms with van der Waals surface area (Å²) in [5.74, 6) is -0.140. The lowest BCUT2D eigenvalue weighted by Gasteiger charge is -2.21. The lowest BCUT2D eigenvalue weighted by atomic mass is 10.1. The molecule has 2 atom stereocenters. The first kappa shape index (κ1) is 20.3. The smallest absolute Gasteiger partial charge is 0.242 e. The van der Waals surface area contributed by atoms with Crippen LogP contribution in [-0.2, 0) is 14.4 Å². The number of nitrogens with one attached hydrogen (secondary N) is 2. The Bertz CT molecular complexity index is 636. The first-order valence-corrected chi connectivity index (χ1v) is 10.3. The highest BCUT2D eigenvalue weighted by Crippen LogP contribution is 2.25. The molecule has 2 N–H and O–H groups in total. The van der Waals surface area contributed by atoms with Crippen molar-refractivity contribution in [3.8, 4) is 0 Å². The lowest BCUT2D eigenvalue weighted by molar-refractivity contribution is -0.131. The molecule has 1 unspecified atom stereocenters. The predicted octanol–water partition coefficient (Wildman–Crippen LogP) is 1.80. The number of rotatable bonds is 8. The fraction of sp³-hybridized carbons (Fsp3) is 0.526. The topological polar surface area (TPSA) is 78.5 Å². The Balaban J connectivity index is 2.00. The van der Waals surface area contributed by atoms with Crippen LogP contribution >= 0.6 is 11.8 Å². The Morgan fingerprint density at radius 3 is 2.54 bits per heavy atom. The van der Waals surface area contributed by atoms with Crippen LogP contribution in [0.5, 0.6) is 0 Å². The Hall–Kier alpha value is -2.02. The van der Waals surface area contributed by atoms with Crippen molar-refractivity contribution in [2.75, 3.05) is 23.5 Å². The molecule has 1 heterocycles. The van der Waals surface area contributed by atoms with Gasteiger partial charge in [0.1, 0.15) is 6.04 Å². The molecule has 6 nitrogen and oxygen atoms in total. The highest BCUT2D eigenvalue weighted by molar-refractivity contribution is 7.98. The maximum atomic E-state index is 12.7. The third-order valence-electron chi connectivity index (χ3n) is 4.24. The van der Waals surface area contributed by atoms with E-state index in [1.54, 1.807) is 16.7 Å². The molecular weight excluding hydrogens is 350 g/mol. The van der Waals surface area contributed by atoms with Crippen LogP contribution in [0, 0.1) is 5.92 Å². The van der Waals surface area contributed by atoms with Crippen molar-refractivity contribution in [2.45, 2.75) is 38.8 Å². The molecule has 3 amide bonds. The zero-order valence-electron chi connectivity index (χ0n) is 15.5. The number of carbonyl (C=O) groups excluding carboxylic acids is 3. The molecule has 0 saturated carbocycles. The highest BCUT2D eigenvalue weighted by atomic mass is 32.2. The molecule has 1 fully saturated rings. The van der Waals surface area contributed by atoms with Crippen LogP contribution in [0.15, 0.2) is 30.3 Å². The van der Waals surface area contributed by atoms with E-state index in [4.69, 9.17) is 0 Å². The van der Waals surface area contributed by atoms with E-state index in [2.05, 4.69) is 10.6 Å². The number of nitrogens with zero attached hydrogens (tertiary/aromatic N) is 1. The fourth-order valence-electron chi connectivity index (χ4n) is 2.92. The van der Waals surface area contributed by atoms with Crippen molar-refractivity contribution in [2.24, 2.45) is 5.92 Å². The maximum absolute atomic E-state index is 12.7. The van der Waals surface area contributed by atoms with Crippen molar-refractivity contribution < 1.29 is 14.4 Å². The largest absolute Gasteiger partial charge is 0.352 e. The maximum Gasteiger partial charge on any atom is 0.242 e. The van der Waals surface area contributed by atoms with Gasteiger partial charge in [0.15, 0.2) is 0 Å². The first-order valence-electron chi connectivity index (χ1n) is 8.87. The van der Waals surface area contributed by atoms with Gasteiger partial charge >= 0.3 is 0 Å². The summed E-state index contributed by atoms with van der Waals surface area (Å²) >= 11 is 1.63. The Morgan fingerprint density at radius 1 is 1.23 bits per heavy atom. The summed E-state index contributed by atoms with van der Waals surface area (Å²) in [5, 5.41) is 5.70. The summed E-state index contributed by atoms with van der Waals surface area (Å²) in [6, 6.07) is 8.77. The van der Waals surface area contributed by atoms with Gasteiger partial charge in [-0.2, -0.15) is 11.8 Å². The summed E-state index contributed by atoms with van der Waals surface area (Å²) in [7, 11) is 0. The second kappa shape index (κ2) is 9.62. The van der Waals surface area contributed by atoms with Crippen molar-refractivity contribution in [1.29, 1.82) is 0 Å². The minimum atomic E-state index is -0.571. The van der Waals surface area contributed by atoms with Gasteiger partial charge in [-0.1, -0.05) is 18.2 Å². The lowest BCUT2D eigenvalue weighted by Crippen LogP contribution is -2.50. The second-order valence-corrected chi connectivity index (χ2v) is 7.73. The number of amides is 3. The molecule has 0 spiro atoms. The van der Waals surface area contributed by atoms with E-state index in [0.717, 1.165) is 11.4 Å². The minimum absolute atomic E-state index is 0.0119. The molecule has 0 bridgehead atoms. The Morgan fingerprint density at radius 2 is 1.92 bits per heavy atom. The van der Waals surface area contributed by atoms with Crippen LogP contribution in [0.4, 0.5) is 5.69 Å². The van der Waals surface area contributed by atoms with Gasteiger partial charge in [-0.15, -0.1) is 0 Å². The summed E-state index contributed by atoms with van der Waals surface area (Å²) in [6.07, 6.45) is 2.70.